The van der Waals surface area contributed by atoms with E-state index in [9.17, 15) is 5.11 Å². The number of hydrogen-bond acceptors (Lipinski definition) is 3. The molecule has 0 radical (unpaired) electrons. The number of rotatable bonds is 3. The van der Waals surface area contributed by atoms with Gasteiger partial charge < -0.3 is 10.4 Å². The molecule has 1 unspecified atom stereocenters. The zero-order chi connectivity index (χ0) is 14.8. The summed E-state index contributed by atoms with van der Waals surface area (Å²) in [5.74, 6) is 1.04. The van der Waals surface area contributed by atoms with Gasteiger partial charge in [-0.3, -0.25) is 0 Å². The van der Waals surface area contributed by atoms with Crippen molar-refractivity contribution in [1.29, 1.82) is 0 Å². The molecule has 0 fully saturated rings. The lowest BCUT2D eigenvalue weighted by Crippen LogP contribution is -2.08. The molecule has 2 aromatic carbocycles. The fourth-order valence-electron chi connectivity index (χ4n) is 2.41. The predicted molar refractivity (Wildman–Crippen MR) is 86.6 cm³/mol. The maximum atomic E-state index is 9.68. The van der Waals surface area contributed by atoms with Crippen LogP contribution < -0.4 is 5.32 Å². The molecule has 1 atom stereocenters. The molecule has 2 N–H and O–H groups in total. The van der Waals surface area contributed by atoms with Crippen molar-refractivity contribution in [2.24, 2.45) is 0 Å². The van der Waals surface area contributed by atoms with E-state index in [1.165, 1.54) is 11.1 Å². The van der Waals surface area contributed by atoms with E-state index in [0.29, 0.717) is 0 Å². The van der Waals surface area contributed by atoms with Gasteiger partial charge in [0.15, 0.2) is 0 Å². The van der Waals surface area contributed by atoms with Crippen LogP contribution in [0.25, 0.3) is 10.8 Å². The molecular weight excluding hydrogens is 260 g/mol. The fraction of sp³-hybridized carbons (Fsp3) is 0.167. The first kappa shape index (κ1) is 13.4. The number of aromatic nitrogens is 1. The summed E-state index contributed by atoms with van der Waals surface area (Å²) in [6.45, 7) is 4.19. The average molecular weight is 278 g/mol. The molecule has 0 aliphatic rings. The zero-order valence-corrected chi connectivity index (χ0v) is 12.2. The Hall–Kier alpha value is -2.55. The van der Waals surface area contributed by atoms with E-state index in [-0.39, 0.29) is 11.8 Å². The molecule has 0 amide bonds. The van der Waals surface area contributed by atoms with Crippen LogP contribution in [0.2, 0.25) is 0 Å². The van der Waals surface area contributed by atoms with Crippen LogP contribution in [-0.4, -0.2) is 10.1 Å². The van der Waals surface area contributed by atoms with Crippen molar-refractivity contribution < 1.29 is 5.11 Å². The smallest absolute Gasteiger partial charge is 0.134 e. The van der Waals surface area contributed by atoms with Crippen molar-refractivity contribution in [3.8, 4) is 5.75 Å². The highest BCUT2D eigenvalue weighted by atomic mass is 16.3. The third-order valence-electron chi connectivity index (χ3n) is 3.68. The van der Waals surface area contributed by atoms with E-state index in [0.717, 1.165) is 16.6 Å². The minimum absolute atomic E-state index is 0.144. The Bertz CT molecular complexity index is 766. The van der Waals surface area contributed by atoms with E-state index < -0.39 is 0 Å². The van der Waals surface area contributed by atoms with Gasteiger partial charge in [0.2, 0.25) is 0 Å². The van der Waals surface area contributed by atoms with E-state index in [4.69, 9.17) is 0 Å². The van der Waals surface area contributed by atoms with Gasteiger partial charge in [-0.25, -0.2) is 4.98 Å². The molecular formula is C18H18N2O. The second kappa shape index (κ2) is 5.44. The topological polar surface area (TPSA) is 45.2 Å². The number of pyridine rings is 1. The van der Waals surface area contributed by atoms with E-state index in [2.05, 4.69) is 48.4 Å². The summed E-state index contributed by atoms with van der Waals surface area (Å²) in [7, 11) is 0. The van der Waals surface area contributed by atoms with Gasteiger partial charge in [-0.15, -0.1) is 0 Å². The number of nitrogens with zero attached hydrogens (tertiary/aromatic N) is 1. The van der Waals surface area contributed by atoms with Gasteiger partial charge in [-0.05, 0) is 43.0 Å². The summed E-state index contributed by atoms with van der Waals surface area (Å²) >= 11 is 0. The minimum Gasteiger partial charge on any atom is -0.508 e. The van der Waals surface area contributed by atoms with Gasteiger partial charge in [0, 0.05) is 17.6 Å². The van der Waals surface area contributed by atoms with E-state index in [1.807, 2.05) is 12.1 Å². The molecule has 1 heterocycles. The standard InChI is InChI=1S/C18H18N2O/c1-12-3-5-14(6-4-12)13(2)20-18-17-11-16(21)8-7-15(17)9-10-19-18/h3-11,13,21H,1-2H3,(H,19,20). The van der Waals surface area contributed by atoms with Crippen molar-refractivity contribution >= 4 is 16.6 Å². The molecule has 1 aromatic heterocycles. The number of fused-ring (bicyclic) bond motifs is 1. The van der Waals surface area contributed by atoms with Crippen LogP contribution in [-0.2, 0) is 0 Å². The van der Waals surface area contributed by atoms with E-state index >= 15 is 0 Å². The monoisotopic (exact) mass is 278 g/mol. The first-order chi connectivity index (χ1) is 10.1. The van der Waals surface area contributed by atoms with Crippen molar-refractivity contribution in [2.45, 2.75) is 19.9 Å². The maximum Gasteiger partial charge on any atom is 0.134 e. The minimum atomic E-state index is 0.144. The third-order valence-corrected chi connectivity index (χ3v) is 3.68. The SMILES string of the molecule is Cc1ccc(C(C)Nc2nccc3ccc(O)cc23)cc1. The predicted octanol–water partition coefficient (Wildman–Crippen LogP) is 4.42. The van der Waals surface area contributed by atoms with Crippen molar-refractivity contribution in [1.82, 2.24) is 4.98 Å². The molecule has 0 aliphatic heterocycles. The van der Waals surface area contributed by atoms with Crippen LogP contribution in [0.4, 0.5) is 5.82 Å². The molecule has 3 rings (SSSR count). The Balaban J connectivity index is 1.94. The molecule has 0 aliphatic carbocycles. The molecule has 21 heavy (non-hydrogen) atoms. The normalized spacial score (nSPS) is 12.3. The quantitative estimate of drug-likeness (QED) is 0.745. The number of nitrogens with one attached hydrogen (secondary N) is 1. The van der Waals surface area contributed by atoms with Crippen molar-refractivity contribution in [2.75, 3.05) is 5.32 Å². The second-order valence-electron chi connectivity index (χ2n) is 5.34. The van der Waals surface area contributed by atoms with Crippen LogP contribution in [0.15, 0.2) is 54.7 Å². The van der Waals surface area contributed by atoms with Gasteiger partial charge in [-0.1, -0.05) is 35.9 Å². The van der Waals surface area contributed by atoms with Crippen molar-refractivity contribution in [3.63, 3.8) is 0 Å². The number of benzene rings is 2. The Kier molecular flexibility index (Phi) is 3.48. The lowest BCUT2D eigenvalue weighted by Gasteiger charge is -2.16. The van der Waals surface area contributed by atoms with Gasteiger partial charge in [0.05, 0.1) is 0 Å². The Morgan fingerprint density at radius 1 is 1.05 bits per heavy atom. The lowest BCUT2D eigenvalue weighted by atomic mass is 10.1. The molecule has 3 heteroatoms. The molecule has 106 valence electrons. The number of phenols is 1. The van der Waals surface area contributed by atoms with Crippen molar-refractivity contribution in [3.05, 3.63) is 65.9 Å². The summed E-state index contributed by atoms with van der Waals surface area (Å²) in [6.07, 6.45) is 1.78. The van der Waals surface area contributed by atoms with Gasteiger partial charge in [0.25, 0.3) is 0 Å². The number of anilines is 1. The largest absolute Gasteiger partial charge is 0.508 e. The first-order valence-corrected chi connectivity index (χ1v) is 7.04. The summed E-state index contributed by atoms with van der Waals surface area (Å²) in [4.78, 5) is 4.41. The second-order valence-corrected chi connectivity index (χ2v) is 5.34. The summed E-state index contributed by atoms with van der Waals surface area (Å²) in [6, 6.07) is 15.9. The fourth-order valence-corrected chi connectivity index (χ4v) is 2.41. The highest BCUT2D eigenvalue weighted by Gasteiger charge is 2.09. The van der Waals surface area contributed by atoms with Crippen LogP contribution in [0, 0.1) is 6.92 Å². The Morgan fingerprint density at radius 3 is 2.57 bits per heavy atom. The molecule has 3 nitrogen and oxygen atoms in total. The highest BCUT2D eigenvalue weighted by Crippen LogP contribution is 2.27. The van der Waals surface area contributed by atoms with Crippen LogP contribution in [0.3, 0.4) is 0 Å². The molecule has 0 saturated heterocycles. The van der Waals surface area contributed by atoms with E-state index in [1.54, 1.807) is 18.3 Å². The van der Waals surface area contributed by atoms with Gasteiger partial charge >= 0.3 is 0 Å². The highest BCUT2D eigenvalue weighted by molar-refractivity contribution is 5.92. The number of phenolic OH excluding ortho intramolecular Hbond substituents is 1. The maximum absolute atomic E-state index is 9.68. The third kappa shape index (κ3) is 2.82. The molecule has 0 spiro atoms. The molecule has 0 saturated carbocycles. The number of aromatic hydroxyl groups is 1. The van der Waals surface area contributed by atoms with Crippen LogP contribution in [0.5, 0.6) is 5.75 Å². The lowest BCUT2D eigenvalue weighted by molar-refractivity contribution is 0.476. The zero-order valence-electron chi connectivity index (χ0n) is 12.2. The van der Waals surface area contributed by atoms with Gasteiger partial charge in [-0.2, -0.15) is 0 Å². The molecule has 0 bridgehead atoms. The summed E-state index contributed by atoms with van der Waals surface area (Å²) < 4.78 is 0. The summed E-state index contributed by atoms with van der Waals surface area (Å²) in [5, 5.41) is 15.1. The Morgan fingerprint density at radius 2 is 1.81 bits per heavy atom. The number of aryl methyl sites for hydroxylation is 1. The first-order valence-electron chi connectivity index (χ1n) is 7.04. The Labute approximate surface area is 124 Å². The molecule has 3 aromatic rings. The van der Waals surface area contributed by atoms with Gasteiger partial charge in [0.1, 0.15) is 11.6 Å². The summed E-state index contributed by atoms with van der Waals surface area (Å²) in [5.41, 5.74) is 2.46. The average Bonchev–Trinajstić information content (AvgIpc) is 2.48. The van der Waals surface area contributed by atoms with Crippen LogP contribution >= 0.6 is 0 Å². The number of hydrogen-bond donors (Lipinski definition) is 2. The van der Waals surface area contributed by atoms with Crippen LogP contribution in [0.1, 0.15) is 24.1 Å².